The molecule has 0 unspecified atom stereocenters. The molecule has 0 spiro atoms. The number of rotatable bonds is 4. The number of carbonyl (C=O) groups excluding carboxylic acids is 1. The maximum absolute atomic E-state index is 10.2. The quantitative estimate of drug-likeness (QED) is 0.264. The minimum absolute atomic E-state index is 0. The van der Waals surface area contributed by atoms with Crippen LogP contribution in [0.15, 0.2) is 60.4 Å². The van der Waals surface area contributed by atoms with Crippen molar-refractivity contribution in [3.63, 3.8) is 0 Å². The number of ketones is 1. The summed E-state index contributed by atoms with van der Waals surface area (Å²) in [7, 11) is -3.84. The van der Waals surface area contributed by atoms with E-state index in [1.807, 2.05) is 30.3 Å². The van der Waals surface area contributed by atoms with E-state index in [-0.39, 0.29) is 60.5 Å². The number of carbonyl (C=O) groups is 1. The second kappa shape index (κ2) is 20.5. The van der Waals surface area contributed by atoms with Crippen molar-refractivity contribution in [2.75, 3.05) is 0 Å². The molecule has 1 aromatic rings. The molecule has 0 heterocycles. The van der Waals surface area contributed by atoms with Gasteiger partial charge in [0.2, 0.25) is 16.6 Å². The normalized spacial score (nSPS) is 13.7. The zero-order valence-electron chi connectivity index (χ0n) is 23.3. The van der Waals surface area contributed by atoms with Gasteiger partial charge in [0.05, 0.1) is 5.76 Å². The van der Waals surface area contributed by atoms with E-state index in [4.69, 9.17) is 19.9 Å². The summed E-state index contributed by atoms with van der Waals surface area (Å²) in [5, 5.41) is 0. The Morgan fingerprint density at radius 3 is 1.68 bits per heavy atom. The average molecular weight is 592 g/mol. The van der Waals surface area contributed by atoms with Gasteiger partial charge >= 0.3 is 37.7 Å². The fourth-order valence-electron chi connectivity index (χ4n) is 2.17. The summed E-state index contributed by atoms with van der Waals surface area (Å²) in [5.74, 6) is 2.35. The van der Waals surface area contributed by atoms with Crippen molar-refractivity contribution in [1.82, 2.24) is 0 Å². The van der Waals surface area contributed by atoms with Gasteiger partial charge in [0.25, 0.3) is 0 Å². The van der Waals surface area contributed by atoms with E-state index in [0.717, 1.165) is 30.8 Å². The van der Waals surface area contributed by atoms with Crippen molar-refractivity contribution in [2.45, 2.75) is 78.2 Å². The fourth-order valence-corrected chi connectivity index (χ4v) is 3.87. The Hall–Kier alpha value is 0.455. The van der Waals surface area contributed by atoms with Crippen molar-refractivity contribution in [3.8, 4) is 5.75 Å². The third kappa shape index (κ3) is 32.5. The van der Waals surface area contributed by atoms with Crippen LogP contribution in [0.3, 0.4) is 0 Å². The zero-order chi connectivity index (χ0) is 24.1. The first-order valence-corrected chi connectivity index (χ1v) is 22.2. The van der Waals surface area contributed by atoms with Crippen molar-refractivity contribution < 1.29 is 68.3 Å². The van der Waals surface area contributed by atoms with Gasteiger partial charge in [-0.1, -0.05) is 37.5 Å². The summed E-state index contributed by atoms with van der Waals surface area (Å²) in [5.41, 5.74) is 0. The molecular weight excluding hydrogens is 550 g/mol. The zero-order valence-corrected chi connectivity index (χ0v) is 28.6. The van der Waals surface area contributed by atoms with Crippen LogP contribution in [-0.4, -0.2) is 29.8 Å². The van der Waals surface area contributed by atoms with Gasteiger partial charge in [-0.3, -0.25) is 4.79 Å². The summed E-state index contributed by atoms with van der Waals surface area (Å²) in [6, 6.07) is 7.99. The minimum atomic E-state index is -1.36. The van der Waals surface area contributed by atoms with Gasteiger partial charge in [-0.15, -0.1) is 6.07 Å². The largest absolute Gasteiger partial charge is 1.00 e. The molecule has 1 aromatic carbocycles. The molecule has 10 heteroatoms. The summed E-state index contributed by atoms with van der Waals surface area (Å²) >= 11 is 5.67. The Bertz CT molecular complexity index is 728. The van der Waals surface area contributed by atoms with Gasteiger partial charge in [0.15, 0.2) is 5.78 Å². The van der Waals surface area contributed by atoms with Crippen molar-refractivity contribution in [2.24, 2.45) is 0 Å². The molecule has 0 amide bonds. The summed E-state index contributed by atoms with van der Waals surface area (Å²) in [4.78, 5) is 10.2. The Kier molecular flexibility index (Phi) is 25.1. The topological polar surface area (TPSA) is 35.5 Å². The van der Waals surface area contributed by atoms with E-state index >= 15 is 0 Å². The van der Waals surface area contributed by atoms with E-state index < -0.39 is 24.0 Å². The Morgan fingerprint density at radius 1 is 0.882 bits per heavy atom. The number of hydrogen-bond donors (Lipinski definition) is 0. The van der Waals surface area contributed by atoms with Crippen LogP contribution in [0, 0.1) is 0 Å². The van der Waals surface area contributed by atoms with Crippen LogP contribution in [0.1, 0.15) is 19.3 Å². The third-order valence-corrected chi connectivity index (χ3v) is 4.77. The smallest absolute Gasteiger partial charge is 1.00 e. The molecule has 0 saturated carbocycles. The van der Waals surface area contributed by atoms with Gasteiger partial charge in [0.1, 0.15) is 7.38 Å². The van der Waals surface area contributed by atoms with Crippen LogP contribution in [0.2, 0.25) is 58.9 Å². The molecule has 3 rings (SSSR count). The van der Waals surface area contributed by atoms with Crippen LogP contribution < -0.4 is 59.1 Å². The summed E-state index contributed by atoms with van der Waals surface area (Å²) < 4.78 is 11.4. The molecule has 0 aromatic heterocycles. The molecule has 0 fully saturated rings. The van der Waals surface area contributed by atoms with Crippen LogP contribution in [0.4, 0.5) is 0 Å². The third-order valence-electron chi connectivity index (χ3n) is 3.08. The van der Waals surface area contributed by atoms with Gasteiger partial charge in [-0.25, -0.2) is 0 Å². The molecule has 0 bridgehead atoms. The molecule has 0 radical (unpaired) electrons. The average Bonchev–Trinajstić information content (AvgIpc) is 3.28. The van der Waals surface area contributed by atoms with E-state index in [1.165, 1.54) is 0 Å². The standard InChI is InChI=1S/C8H14OSi.C8H13OSi.C5H6O.C3H9ClSi.BrH.2Li/c2*1-10(2,3)9-8-6-4-5-7-8;6-5-3-1-2-4-5;1-5(2,3)4;;;/h4,6-7H,5H2,1-3H3;4-7H,1-3H3;1,3H,2,4H2;1-3H3;1H;;/q;-1;;;;2*+1/p-1. The Labute approximate surface area is 251 Å². The molecule has 0 aliphatic heterocycles. The second-order valence-electron chi connectivity index (χ2n) is 10.3. The van der Waals surface area contributed by atoms with Crippen molar-refractivity contribution in [1.29, 1.82) is 0 Å². The second-order valence-corrected chi connectivity index (χ2v) is 26.7. The van der Waals surface area contributed by atoms with Crippen LogP contribution in [-0.2, 0) is 9.22 Å². The first kappa shape index (κ1) is 41.6. The predicted molar refractivity (Wildman–Crippen MR) is 145 cm³/mol. The van der Waals surface area contributed by atoms with Gasteiger partial charge < -0.3 is 25.8 Å². The molecule has 3 nitrogen and oxygen atoms in total. The van der Waals surface area contributed by atoms with Crippen molar-refractivity contribution >= 4 is 40.9 Å². The van der Waals surface area contributed by atoms with Gasteiger partial charge in [-0.05, 0) is 70.4 Å². The van der Waals surface area contributed by atoms with Crippen LogP contribution in [0.5, 0.6) is 5.75 Å². The maximum atomic E-state index is 10.2. The molecule has 0 N–H and O–H groups in total. The van der Waals surface area contributed by atoms with E-state index in [9.17, 15) is 4.79 Å². The fraction of sp³-hybridized carbons (Fsp3) is 0.500. The predicted octanol–water partition coefficient (Wildman–Crippen LogP) is -0.721. The van der Waals surface area contributed by atoms with Crippen LogP contribution >= 0.6 is 11.1 Å². The minimum Gasteiger partial charge on any atom is -1.00 e. The van der Waals surface area contributed by atoms with Gasteiger partial charge in [0, 0.05) is 6.42 Å². The molecule has 184 valence electrons. The van der Waals surface area contributed by atoms with Crippen molar-refractivity contribution in [3.05, 3.63) is 60.4 Å². The maximum Gasteiger partial charge on any atom is 1.00 e. The Morgan fingerprint density at radius 2 is 1.41 bits per heavy atom. The molecule has 2 aliphatic carbocycles. The first-order valence-electron chi connectivity index (χ1n) is 10.9. The summed E-state index contributed by atoms with van der Waals surface area (Å²) in [6.07, 6.45) is 12.6. The van der Waals surface area contributed by atoms with E-state index in [1.54, 1.807) is 6.08 Å². The van der Waals surface area contributed by atoms with Gasteiger partial charge in [-0.2, -0.15) is 29.3 Å². The molecular formula is C24H42BrClLi2O3Si3. The molecule has 0 atom stereocenters. The number of halogens is 2. The number of hydrogen-bond acceptors (Lipinski definition) is 3. The summed E-state index contributed by atoms with van der Waals surface area (Å²) in [6.45, 7) is 19.4. The van der Waals surface area contributed by atoms with Crippen LogP contribution in [0.25, 0.3) is 0 Å². The molecule has 2 aliphatic rings. The number of allylic oxidation sites excluding steroid dienone is 5. The monoisotopic (exact) mass is 590 g/mol. The Balaban J connectivity index is -0.000000178. The first-order chi connectivity index (χ1) is 14.1. The van der Waals surface area contributed by atoms with E-state index in [2.05, 4.69) is 77.2 Å². The molecule has 34 heavy (non-hydrogen) atoms. The molecule has 0 saturated heterocycles. The van der Waals surface area contributed by atoms with E-state index in [0.29, 0.717) is 0 Å². The SMILES string of the molecule is C[Si](C)(C)Cl.C[Si](C)(C)OC1=CCC=C1.C[Si](C)(C)Oc1cc[cH-]c1.O=C1C=CCC1.[Br-].[Li+].[Li+].